The van der Waals surface area contributed by atoms with Crippen molar-refractivity contribution in [2.75, 3.05) is 5.32 Å². The van der Waals surface area contributed by atoms with Gasteiger partial charge < -0.3 is 5.32 Å². The van der Waals surface area contributed by atoms with Crippen molar-refractivity contribution in [3.63, 3.8) is 0 Å². The van der Waals surface area contributed by atoms with Crippen molar-refractivity contribution in [2.45, 2.75) is 43.1 Å². The molecule has 1 aromatic heterocycles. The number of carbonyl (C=O) groups excluding carboxylic acids is 1. The second kappa shape index (κ2) is 8.20. The second-order valence-corrected chi connectivity index (χ2v) is 7.89. The van der Waals surface area contributed by atoms with Crippen molar-refractivity contribution in [3.8, 4) is 0 Å². The van der Waals surface area contributed by atoms with Crippen LogP contribution in [-0.2, 0) is 16.6 Å². The maximum Gasteiger partial charge on any atom is 0.255 e. The molecule has 1 fully saturated rings. The highest BCUT2D eigenvalue weighted by molar-refractivity contribution is 7.84. The molecule has 0 unspecified atom stereocenters. The molecule has 1 saturated carbocycles. The topological polar surface area (TPSA) is 59.1 Å². The van der Waals surface area contributed by atoms with Crippen LogP contribution in [0.4, 0.5) is 5.69 Å². The summed E-state index contributed by atoms with van der Waals surface area (Å²) in [6.45, 7) is 0. The lowest BCUT2D eigenvalue weighted by atomic mass is 10.0. The van der Waals surface area contributed by atoms with Gasteiger partial charge in [-0.2, -0.15) is 0 Å². The molecule has 126 valence electrons. The zero-order valence-electron chi connectivity index (χ0n) is 13.6. The van der Waals surface area contributed by atoms with E-state index in [-0.39, 0.29) is 5.91 Å². The van der Waals surface area contributed by atoms with Gasteiger partial charge in [0.1, 0.15) is 0 Å². The van der Waals surface area contributed by atoms with Crippen LogP contribution in [0.3, 0.4) is 0 Å². The normalized spacial score (nSPS) is 16.5. The Hall–Kier alpha value is -2.01. The molecule has 4 nitrogen and oxygen atoms in total. The van der Waals surface area contributed by atoms with Crippen LogP contribution >= 0.6 is 0 Å². The minimum atomic E-state index is -0.835. The summed E-state index contributed by atoms with van der Waals surface area (Å²) in [5.41, 5.74) is 2.31. The number of benzene rings is 1. The summed E-state index contributed by atoms with van der Waals surface area (Å²) in [7, 11) is -0.835. The summed E-state index contributed by atoms with van der Waals surface area (Å²) in [5, 5.41) is 3.21. The molecule has 1 aromatic carbocycles. The molecule has 24 heavy (non-hydrogen) atoms. The van der Waals surface area contributed by atoms with Gasteiger partial charge >= 0.3 is 0 Å². The first kappa shape index (κ1) is 16.8. The summed E-state index contributed by atoms with van der Waals surface area (Å²) in [6.07, 6.45) is 8.99. The summed E-state index contributed by atoms with van der Waals surface area (Å²) in [5.74, 6) is 0.395. The maximum atomic E-state index is 12.5. The number of rotatable bonds is 5. The van der Waals surface area contributed by atoms with Gasteiger partial charge in [-0.15, -0.1) is 0 Å². The maximum absolute atomic E-state index is 12.5. The number of pyridine rings is 1. The van der Waals surface area contributed by atoms with Crippen LogP contribution in [0, 0.1) is 0 Å². The van der Waals surface area contributed by atoms with Gasteiger partial charge in [0.15, 0.2) is 0 Å². The first-order valence-corrected chi connectivity index (χ1v) is 9.78. The van der Waals surface area contributed by atoms with Crippen molar-refractivity contribution in [3.05, 3.63) is 59.9 Å². The van der Waals surface area contributed by atoms with Gasteiger partial charge in [0.25, 0.3) is 5.91 Å². The fourth-order valence-electron chi connectivity index (χ4n) is 3.06. The molecule has 3 rings (SSSR count). The number of hydrogen-bond donors (Lipinski definition) is 1. The van der Waals surface area contributed by atoms with E-state index in [1.807, 2.05) is 24.3 Å². The van der Waals surface area contributed by atoms with Gasteiger partial charge in [0.2, 0.25) is 0 Å². The largest absolute Gasteiger partial charge is 0.322 e. The standard InChI is InChI=1S/C19H22N2O2S/c22-19(16-9-11-20-12-10-16)21-17-6-4-5-15(13-17)14-24(23)18-7-2-1-3-8-18/h4-6,9-13,18H,1-3,7-8,14H2,(H,21,22)/t24-/m1/s1. The average molecular weight is 342 g/mol. The van der Waals surface area contributed by atoms with Crippen LogP contribution in [-0.4, -0.2) is 20.3 Å². The van der Waals surface area contributed by atoms with Crippen LogP contribution in [0.2, 0.25) is 0 Å². The average Bonchev–Trinajstić information content (AvgIpc) is 2.63. The third-order valence-corrected chi connectivity index (χ3v) is 6.19. The molecule has 1 aliphatic rings. The smallest absolute Gasteiger partial charge is 0.255 e. The van der Waals surface area contributed by atoms with Gasteiger partial charge in [-0.3, -0.25) is 14.0 Å². The van der Waals surface area contributed by atoms with E-state index in [0.29, 0.717) is 16.6 Å². The molecule has 5 heteroatoms. The highest BCUT2D eigenvalue weighted by Gasteiger charge is 2.19. The summed E-state index contributed by atoms with van der Waals surface area (Å²) >= 11 is 0. The Morgan fingerprint density at radius 2 is 1.88 bits per heavy atom. The summed E-state index contributed by atoms with van der Waals surface area (Å²) < 4.78 is 12.5. The number of nitrogens with zero attached hydrogens (tertiary/aromatic N) is 1. The Kier molecular flexibility index (Phi) is 5.75. The number of carbonyl (C=O) groups is 1. The van der Waals surface area contributed by atoms with Crippen molar-refractivity contribution >= 4 is 22.4 Å². The Labute approximate surface area is 145 Å². The van der Waals surface area contributed by atoms with E-state index in [2.05, 4.69) is 10.3 Å². The predicted octanol–water partition coefficient (Wildman–Crippen LogP) is 3.92. The number of amides is 1. The molecule has 1 amide bonds. The van der Waals surface area contributed by atoms with Crippen molar-refractivity contribution in [1.82, 2.24) is 4.98 Å². The zero-order valence-corrected chi connectivity index (χ0v) is 14.4. The molecule has 0 spiro atoms. The Bertz CT molecular complexity index is 712. The number of aromatic nitrogens is 1. The SMILES string of the molecule is O=C(Nc1cccc(C[S@@](=O)C2CCCCC2)c1)c1ccncc1. The predicted molar refractivity (Wildman–Crippen MR) is 97.4 cm³/mol. The first-order valence-electron chi connectivity index (χ1n) is 8.40. The highest BCUT2D eigenvalue weighted by atomic mass is 32.2. The van der Waals surface area contributed by atoms with Crippen molar-refractivity contribution < 1.29 is 9.00 Å². The minimum absolute atomic E-state index is 0.164. The fraction of sp³-hybridized carbons (Fsp3) is 0.368. The quantitative estimate of drug-likeness (QED) is 0.896. The molecule has 1 aliphatic carbocycles. The van der Waals surface area contributed by atoms with E-state index in [0.717, 1.165) is 24.1 Å². The van der Waals surface area contributed by atoms with Gasteiger partial charge in [-0.25, -0.2) is 0 Å². The lowest BCUT2D eigenvalue weighted by Crippen LogP contribution is -2.20. The molecule has 1 heterocycles. The van der Waals surface area contributed by atoms with E-state index < -0.39 is 10.8 Å². The molecule has 2 aromatic rings. The third kappa shape index (κ3) is 4.51. The van der Waals surface area contributed by atoms with E-state index in [1.54, 1.807) is 24.5 Å². The minimum Gasteiger partial charge on any atom is -0.322 e. The number of anilines is 1. The summed E-state index contributed by atoms with van der Waals surface area (Å²) in [4.78, 5) is 16.1. The van der Waals surface area contributed by atoms with E-state index in [9.17, 15) is 9.00 Å². The molecule has 0 bridgehead atoms. The van der Waals surface area contributed by atoms with Crippen LogP contribution in [0.25, 0.3) is 0 Å². The Morgan fingerprint density at radius 3 is 2.62 bits per heavy atom. The molecule has 0 aliphatic heterocycles. The second-order valence-electron chi connectivity index (χ2n) is 6.18. The Morgan fingerprint density at radius 1 is 1.12 bits per heavy atom. The van der Waals surface area contributed by atoms with Crippen LogP contribution < -0.4 is 5.32 Å². The van der Waals surface area contributed by atoms with Crippen molar-refractivity contribution in [2.24, 2.45) is 0 Å². The molecule has 0 saturated heterocycles. The van der Waals surface area contributed by atoms with E-state index in [4.69, 9.17) is 0 Å². The lowest BCUT2D eigenvalue weighted by molar-refractivity contribution is 0.102. The molecular weight excluding hydrogens is 320 g/mol. The number of nitrogens with one attached hydrogen (secondary N) is 1. The molecular formula is C19H22N2O2S. The van der Waals surface area contributed by atoms with Crippen molar-refractivity contribution in [1.29, 1.82) is 0 Å². The Balaban J connectivity index is 1.63. The summed E-state index contributed by atoms with van der Waals surface area (Å²) in [6, 6.07) is 11.0. The van der Waals surface area contributed by atoms with Gasteiger partial charge in [-0.1, -0.05) is 31.4 Å². The third-order valence-electron chi connectivity index (χ3n) is 4.36. The van der Waals surface area contributed by atoms with Gasteiger partial charge in [0, 0.05) is 45.4 Å². The first-order chi connectivity index (χ1) is 11.7. The van der Waals surface area contributed by atoms with Crippen LogP contribution in [0.15, 0.2) is 48.8 Å². The van der Waals surface area contributed by atoms with E-state index >= 15 is 0 Å². The van der Waals surface area contributed by atoms with Crippen LogP contribution in [0.5, 0.6) is 0 Å². The highest BCUT2D eigenvalue weighted by Crippen LogP contribution is 2.24. The van der Waals surface area contributed by atoms with E-state index in [1.165, 1.54) is 19.3 Å². The zero-order chi connectivity index (χ0) is 16.8. The van der Waals surface area contributed by atoms with Gasteiger partial charge in [0.05, 0.1) is 0 Å². The monoisotopic (exact) mass is 342 g/mol. The number of hydrogen-bond acceptors (Lipinski definition) is 3. The fourth-order valence-corrected chi connectivity index (χ4v) is 4.66. The van der Waals surface area contributed by atoms with Gasteiger partial charge in [-0.05, 0) is 42.7 Å². The molecule has 1 N–H and O–H groups in total. The lowest BCUT2D eigenvalue weighted by Gasteiger charge is -2.21. The van der Waals surface area contributed by atoms with Crippen LogP contribution in [0.1, 0.15) is 48.0 Å². The molecule has 0 radical (unpaired) electrons. The molecule has 1 atom stereocenters.